The predicted octanol–water partition coefficient (Wildman–Crippen LogP) is 3.51. The minimum Gasteiger partial charge on any atom is -0.478 e. The van der Waals surface area contributed by atoms with E-state index < -0.39 is 5.97 Å². The van der Waals surface area contributed by atoms with Gasteiger partial charge in [-0.3, -0.25) is 0 Å². The molecule has 0 atom stereocenters. The Balaban J connectivity index is 2.15. The average Bonchev–Trinajstić information content (AvgIpc) is 2.47. The molecule has 2 N–H and O–H groups in total. The zero-order valence-corrected chi connectivity index (χ0v) is 11.5. The van der Waals surface area contributed by atoms with Crippen molar-refractivity contribution in [1.29, 1.82) is 0 Å². The summed E-state index contributed by atoms with van der Waals surface area (Å²) in [6, 6.07) is 15.4. The maximum Gasteiger partial charge on any atom is 0.330 e. The van der Waals surface area contributed by atoms with Crippen LogP contribution in [0.3, 0.4) is 0 Å². The Labute approximate surface area is 122 Å². The van der Waals surface area contributed by atoms with Crippen molar-refractivity contribution in [2.45, 2.75) is 6.92 Å². The van der Waals surface area contributed by atoms with Crippen molar-refractivity contribution in [2.75, 3.05) is 5.32 Å². The van der Waals surface area contributed by atoms with E-state index in [-0.39, 0.29) is 0 Å². The number of para-hydroxylation sites is 2. The Kier molecular flexibility index (Phi) is 3.28. The van der Waals surface area contributed by atoms with Gasteiger partial charge in [0.25, 0.3) is 0 Å². The Hall–Kier alpha value is -2.88. The zero-order chi connectivity index (χ0) is 14.8. The maximum atomic E-state index is 11.0. The summed E-state index contributed by atoms with van der Waals surface area (Å²) in [5, 5.41) is 12.2. The van der Waals surface area contributed by atoms with Gasteiger partial charge in [-0.2, -0.15) is 0 Å². The first kappa shape index (κ1) is 13.1. The van der Waals surface area contributed by atoms with E-state index in [0.29, 0.717) is 11.4 Å². The van der Waals surface area contributed by atoms with Gasteiger partial charge in [-0.25, -0.2) is 9.79 Å². The van der Waals surface area contributed by atoms with Crippen molar-refractivity contribution < 1.29 is 9.90 Å². The molecule has 0 aromatic heterocycles. The van der Waals surface area contributed by atoms with E-state index >= 15 is 0 Å². The molecule has 0 saturated carbocycles. The normalized spacial score (nSPS) is 15.1. The van der Waals surface area contributed by atoms with Crippen LogP contribution in [0.5, 0.6) is 0 Å². The third-order valence-electron chi connectivity index (χ3n) is 3.25. The number of fused-ring (bicyclic) bond motifs is 1. The van der Waals surface area contributed by atoms with Gasteiger partial charge < -0.3 is 10.4 Å². The van der Waals surface area contributed by atoms with Crippen LogP contribution in [0.4, 0.5) is 11.4 Å². The van der Waals surface area contributed by atoms with Crippen LogP contribution in [-0.2, 0) is 4.79 Å². The van der Waals surface area contributed by atoms with Crippen molar-refractivity contribution in [1.82, 2.24) is 0 Å². The lowest BCUT2D eigenvalue weighted by molar-refractivity contribution is -0.131. The van der Waals surface area contributed by atoms with E-state index in [2.05, 4.69) is 10.3 Å². The Morgan fingerprint density at radius 3 is 2.57 bits per heavy atom. The van der Waals surface area contributed by atoms with Crippen LogP contribution in [0.25, 0.3) is 0 Å². The molecule has 104 valence electrons. The number of carbonyl (C=O) groups is 1. The van der Waals surface area contributed by atoms with Crippen LogP contribution in [0, 0.1) is 6.92 Å². The Morgan fingerprint density at radius 1 is 1.14 bits per heavy atom. The van der Waals surface area contributed by atoms with Gasteiger partial charge in [0, 0.05) is 11.6 Å². The zero-order valence-electron chi connectivity index (χ0n) is 11.5. The number of rotatable bonds is 2. The fourth-order valence-electron chi connectivity index (χ4n) is 2.22. The van der Waals surface area contributed by atoms with Crippen LogP contribution in [0.2, 0.25) is 0 Å². The number of hydrogen-bond donors (Lipinski definition) is 2. The third-order valence-corrected chi connectivity index (χ3v) is 3.25. The standard InChI is InChI=1S/C17H14N2O2/c1-11-6-8-12(9-7-11)17-15(10-16(20)21)18-13-4-2-3-5-14(13)19-17/h2-10,18H,1H3,(H,20,21)/b15-10-. The van der Waals surface area contributed by atoms with E-state index in [4.69, 9.17) is 5.11 Å². The van der Waals surface area contributed by atoms with Gasteiger partial charge in [0.1, 0.15) is 0 Å². The fourth-order valence-corrected chi connectivity index (χ4v) is 2.22. The van der Waals surface area contributed by atoms with Gasteiger partial charge in [0.15, 0.2) is 0 Å². The molecule has 3 rings (SSSR count). The summed E-state index contributed by atoms with van der Waals surface area (Å²) in [6.45, 7) is 2.01. The number of hydrogen-bond acceptors (Lipinski definition) is 3. The number of aryl methyl sites for hydroxylation is 1. The van der Waals surface area contributed by atoms with Crippen LogP contribution in [0.1, 0.15) is 11.1 Å². The first-order valence-corrected chi connectivity index (χ1v) is 6.60. The molecule has 0 fully saturated rings. The number of carboxylic acids is 1. The molecule has 2 aromatic rings. The molecule has 1 heterocycles. The van der Waals surface area contributed by atoms with Gasteiger partial charge >= 0.3 is 5.97 Å². The molecule has 0 saturated heterocycles. The molecule has 1 aliphatic heterocycles. The molecular weight excluding hydrogens is 264 g/mol. The molecule has 21 heavy (non-hydrogen) atoms. The second-order valence-corrected chi connectivity index (χ2v) is 4.86. The van der Waals surface area contributed by atoms with E-state index in [1.807, 2.05) is 55.5 Å². The quantitative estimate of drug-likeness (QED) is 0.826. The van der Waals surface area contributed by atoms with Gasteiger partial charge in [0.05, 0.1) is 22.8 Å². The number of aliphatic imine (C=N–C) groups is 1. The Bertz CT molecular complexity index is 759. The molecule has 0 aliphatic carbocycles. The predicted molar refractivity (Wildman–Crippen MR) is 83.2 cm³/mol. The summed E-state index contributed by atoms with van der Waals surface area (Å²) >= 11 is 0. The smallest absolute Gasteiger partial charge is 0.330 e. The highest BCUT2D eigenvalue weighted by Gasteiger charge is 2.18. The number of anilines is 1. The van der Waals surface area contributed by atoms with Crippen LogP contribution < -0.4 is 5.32 Å². The summed E-state index contributed by atoms with van der Waals surface area (Å²) in [5.74, 6) is -1.00. The largest absolute Gasteiger partial charge is 0.478 e. The van der Waals surface area contributed by atoms with E-state index in [1.54, 1.807) is 0 Å². The highest BCUT2D eigenvalue weighted by atomic mass is 16.4. The van der Waals surface area contributed by atoms with Crippen molar-refractivity contribution in [3.05, 3.63) is 71.4 Å². The lowest BCUT2D eigenvalue weighted by Gasteiger charge is -2.20. The minimum absolute atomic E-state index is 0.491. The lowest BCUT2D eigenvalue weighted by Crippen LogP contribution is -2.18. The second-order valence-electron chi connectivity index (χ2n) is 4.86. The maximum absolute atomic E-state index is 11.0. The van der Waals surface area contributed by atoms with Crippen molar-refractivity contribution in [3.8, 4) is 0 Å². The molecule has 0 radical (unpaired) electrons. The number of nitrogens with zero attached hydrogens (tertiary/aromatic N) is 1. The SMILES string of the molecule is Cc1ccc(C2=Nc3ccccc3N/C2=C\C(=O)O)cc1. The summed E-state index contributed by atoms with van der Waals surface area (Å²) in [7, 11) is 0. The lowest BCUT2D eigenvalue weighted by atomic mass is 10.0. The molecule has 1 aliphatic rings. The summed E-state index contributed by atoms with van der Waals surface area (Å²) < 4.78 is 0. The molecule has 0 spiro atoms. The van der Waals surface area contributed by atoms with E-state index in [0.717, 1.165) is 28.6 Å². The number of carboxylic acid groups (broad SMARTS) is 1. The van der Waals surface area contributed by atoms with Crippen molar-refractivity contribution in [2.24, 2.45) is 4.99 Å². The molecule has 4 heteroatoms. The van der Waals surface area contributed by atoms with Gasteiger partial charge in [-0.15, -0.1) is 0 Å². The number of aliphatic carboxylic acids is 1. The summed E-state index contributed by atoms with van der Waals surface area (Å²) in [5.41, 5.74) is 4.76. The first-order valence-electron chi connectivity index (χ1n) is 6.60. The second kappa shape index (κ2) is 5.25. The van der Waals surface area contributed by atoms with Crippen molar-refractivity contribution in [3.63, 3.8) is 0 Å². The number of benzene rings is 2. The van der Waals surface area contributed by atoms with Crippen LogP contribution in [-0.4, -0.2) is 16.8 Å². The topological polar surface area (TPSA) is 61.7 Å². The highest BCUT2D eigenvalue weighted by Crippen LogP contribution is 2.32. The average molecular weight is 278 g/mol. The fraction of sp³-hybridized carbons (Fsp3) is 0.0588. The summed E-state index contributed by atoms with van der Waals surface area (Å²) in [4.78, 5) is 15.6. The van der Waals surface area contributed by atoms with E-state index in [1.165, 1.54) is 0 Å². The Morgan fingerprint density at radius 2 is 1.86 bits per heavy atom. The van der Waals surface area contributed by atoms with Crippen molar-refractivity contribution >= 4 is 23.1 Å². The molecule has 2 aromatic carbocycles. The van der Waals surface area contributed by atoms with Gasteiger partial charge in [-0.05, 0) is 19.1 Å². The van der Waals surface area contributed by atoms with E-state index in [9.17, 15) is 4.79 Å². The molecule has 0 unspecified atom stereocenters. The minimum atomic E-state index is -1.00. The van der Waals surface area contributed by atoms with Gasteiger partial charge in [0.2, 0.25) is 0 Å². The highest BCUT2D eigenvalue weighted by molar-refractivity contribution is 6.19. The molecule has 0 amide bonds. The van der Waals surface area contributed by atoms with Crippen LogP contribution >= 0.6 is 0 Å². The third kappa shape index (κ3) is 2.69. The first-order chi connectivity index (χ1) is 10.1. The molecule has 4 nitrogen and oxygen atoms in total. The molecular formula is C17H14N2O2. The van der Waals surface area contributed by atoms with Crippen LogP contribution in [0.15, 0.2) is 65.3 Å². The monoisotopic (exact) mass is 278 g/mol. The number of allylic oxidation sites excluding steroid dienone is 1. The summed E-state index contributed by atoms with van der Waals surface area (Å²) in [6.07, 6.45) is 1.15. The molecule has 0 bridgehead atoms. The number of nitrogens with one attached hydrogen (secondary N) is 1. The van der Waals surface area contributed by atoms with Gasteiger partial charge in [-0.1, -0.05) is 42.0 Å².